The highest BCUT2D eigenvalue weighted by Crippen LogP contribution is 2.01. The van der Waals surface area contributed by atoms with Gasteiger partial charge in [0.05, 0.1) is 31.1 Å². The molecular weight excluding hydrogens is 220 g/mol. The Labute approximate surface area is 102 Å². The van der Waals surface area contributed by atoms with Crippen molar-refractivity contribution in [2.45, 2.75) is 19.6 Å². The molecule has 1 rings (SSSR count). The zero-order valence-electron chi connectivity index (χ0n) is 10.5. The molecule has 0 saturated carbocycles. The van der Waals surface area contributed by atoms with E-state index in [4.69, 9.17) is 10.5 Å². The van der Waals surface area contributed by atoms with E-state index in [-0.39, 0.29) is 0 Å². The van der Waals surface area contributed by atoms with E-state index in [1.807, 2.05) is 0 Å². The summed E-state index contributed by atoms with van der Waals surface area (Å²) >= 11 is 0. The molecule has 1 atom stereocenters. The van der Waals surface area contributed by atoms with Crippen molar-refractivity contribution in [2.75, 3.05) is 39.1 Å². The molecule has 0 aliphatic carbocycles. The van der Waals surface area contributed by atoms with Gasteiger partial charge in [0.15, 0.2) is 0 Å². The number of hydrogen-bond acceptors (Lipinski definition) is 5. The van der Waals surface area contributed by atoms with Crippen LogP contribution in [0.5, 0.6) is 0 Å². The van der Waals surface area contributed by atoms with Gasteiger partial charge in [0.1, 0.15) is 0 Å². The molecule has 0 amide bonds. The SMILES string of the molecule is CCN(CCOC)CC(O)Cn1cc(N)cn1. The number of rotatable bonds is 8. The van der Waals surface area contributed by atoms with Gasteiger partial charge in [-0.2, -0.15) is 5.10 Å². The van der Waals surface area contributed by atoms with Crippen molar-refractivity contribution in [3.8, 4) is 0 Å². The fraction of sp³-hybridized carbons (Fsp3) is 0.727. The number of aromatic nitrogens is 2. The van der Waals surface area contributed by atoms with Crippen LogP contribution in [0.3, 0.4) is 0 Å². The Kier molecular flexibility index (Phi) is 5.96. The first-order valence-electron chi connectivity index (χ1n) is 5.83. The summed E-state index contributed by atoms with van der Waals surface area (Å²) in [6.45, 7) is 5.52. The molecule has 0 aliphatic heterocycles. The summed E-state index contributed by atoms with van der Waals surface area (Å²) in [5, 5.41) is 14.0. The lowest BCUT2D eigenvalue weighted by molar-refractivity contribution is 0.0797. The number of hydrogen-bond donors (Lipinski definition) is 2. The van der Waals surface area contributed by atoms with Crippen molar-refractivity contribution in [3.05, 3.63) is 12.4 Å². The van der Waals surface area contributed by atoms with E-state index in [0.717, 1.165) is 13.1 Å². The van der Waals surface area contributed by atoms with Crippen LogP contribution < -0.4 is 5.73 Å². The van der Waals surface area contributed by atoms with Crippen LogP contribution in [0.15, 0.2) is 12.4 Å². The van der Waals surface area contributed by atoms with Gasteiger partial charge < -0.3 is 15.6 Å². The smallest absolute Gasteiger partial charge is 0.0862 e. The number of aliphatic hydroxyl groups is 1. The van der Waals surface area contributed by atoms with E-state index in [9.17, 15) is 5.11 Å². The van der Waals surface area contributed by atoms with Crippen molar-refractivity contribution in [3.63, 3.8) is 0 Å². The lowest BCUT2D eigenvalue weighted by Gasteiger charge is -2.23. The predicted molar refractivity (Wildman–Crippen MR) is 66.6 cm³/mol. The van der Waals surface area contributed by atoms with Gasteiger partial charge in [0, 0.05) is 26.4 Å². The highest BCUT2D eigenvalue weighted by atomic mass is 16.5. The second-order valence-electron chi connectivity index (χ2n) is 4.04. The number of ether oxygens (including phenoxy) is 1. The molecule has 0 aromatic carbocycles. The van der Waals surface area contributed by atoms with Gasteiger partial charge in [-0.15, -0.1) is 0 Å². The van der Waals surface area contributed by atoms with Gasteiger partial charge >= 0.3 is 0 Å². The van der Waals surface area contributed by atoms with Crippen LogP contribution in [-0.4, -0.2) is 59.2 Å². The molecule has 0 bridgehead atoms. The third-order valence-electron chi connectivity index (χ3n) is 2.58. The van der Waals surface area contributed by atoms with Gasteiger partial charge in [-0.25, -0.2) is 0 Å². The monoisotopic (exact) mass is 242 g/mol. The Morgan fingerprint density at radius 1 is 1.65 bits per heavy atom. The summed E-state index contributed by atoms with van der Waals surface area (Å²) < 4.78 is 6.68. The number of nitrogens with zero attached hydrogens (tertiary/aromatic N) is 3. The van der Waals surface area contributed by atoms with Crippen molar-refractivity contribution < 1.29 is 9.84 Å². The molecule has 3 N–H and O–H groups in total. The zero-order valence-corrected chi connectivity index (χ0v) is 10.5. The molecule has 1 unspecified atom stereocenters. The van der Waals surface area contributed by atoms with E-state index in [0.29, 0.717) is 25.4 Å². The van der Waals surface area contributed by atoms with Crippen molar-refractivity contribution in [1.82, 2.24) is 14.7 Å². The number of anilines is 1. The van der Waals surface area contributed by atoms with Gasteiger partial charge in [-0.3, -0.25) is 9.58 Å². The quantitative estimate of drug-likeness (QED) is 0.660. The van der Waals surface area contributed by atoms with Crippen LogP contribution in [0.4, 0.5) is 5.69 Å². The Hall–Kier alpha value is -1.11. The molecule has 0 aliphatic rings. The molecule has 17 heavy (non-hydrogen) atoms. The van der Waals surface area contributed by atoms with Gasteiger partial charge in [0.25, 0.3) is 0 Å². The van der Waals surface area contributed by atoms with Gasteiger partial charge in [-0.1, -0.05) is 6.92 Å². The predicted octanol–water partition coefficient (Wildman–Crippen LogP) is -0.205. The molecule has 6 nitrogen and oxygen atoms in total. The molecular formula is C11H22N4O2. The summed E-state index contributed by atoms with van der Waals surface area (Å²) in [5.74, 6) is 0. The van der Waals surface area contributed by atoms with E-state index >= 15 is 0 Å². The van der Waals surface area contributed by atoms with E-state index in [2.05, 4.69) is 16.9 Å². The summed E-state index contributed by atoms with van der Waals surface area (Å²) in [5.41, 5.74) is 6.17. The highest BCUT2D eigenvalue weighted by Gasteiger charge is 2.11. The molecule has 0 saturated heterocycles. The average Bonchev–Trinajstić information content (AvgIpc) is 2.69. The second kappa shape index (κ2) is 7.26. The lowest BCUT2D eigenvalue weighted by atomic mass is 10.3. The molecule has 6 heteroatoms. The van der Waals surface area contributed by atoms with Crippen LogP contribution in [0.25, 0.3) is 0 Å². The van der Waals surface area contributed by atoms with Gasteiger partial charge in [-0.05, 0) is 6.54 Å². The first kappa shape index (κ1) is 14.0. The average molecular weight is 242 g/mol. The topological polar surface area (TPSA) is 76.5 Å². The minimum atomic E-state index is -0.453. The van der Waals surface area contributed by atoms with Crippen molar-refractivity contribution >= 4 is 5.69 Å². The van der Waals surface area contributed by atoms with E-state index < -0.39 is 6.10 Å². The van der Waals surface area contributed by atoms with Crippen molar-refractivity contribution in [2.24, 2.45) is 0 Å². The Bertz CT molecular complexity index is 316. The Morgan fingerprint density at radius 2 is 2.41 bits per heavy atom. The number of nitrogen functional groups attached to an aromatic ring is 1. The number of methoxy groups -OCH3 is 1. The highest BCUT2D eigenvalue weighted by molar-refractivity contribution is 5.30. The molecule has 0 fully saturated rings. The largest absolute Gasteiger partial charge is 0.396 e. The summed E-state index contributed by atoms with van der Waals surface area (Å²) in [6, 6.07) is 0. The number of aliphatic hydroxyl groups excluding tert-OH is 1. The number of likely N-dealkylation sites (N-methyl/N-ethyl adjacent to an activating group) is 1. The minimum absolute atomic E-state index is 0.453. The third-order valence-corrected chi connectivity index (χ3v) is 2.58. The maximum absolute atomic E-state index is 9.93. The minimum Gasteiger partial charge on any atom is -0.396 e. The standard InChI is InChI=1S/C11H22N4O2/c1-3-14(4-5-17-2)8-11(16)9-15-7-10(12)6-13-15/h6-7,11,16H,3-5,8-9,12H2,1-2H3. The van der Waals surface area contributed by atoms with Crippen LogP contribution in [0.2, 0.25) is 0 Å². The molecule has 1 aromatic rings. The Balaban J connectivity index is 2.34. The summed E-state index contributed by atoms with van der Waals surface area (Å²) in [7, 11) is 1.68. The fourth-order valence-corrected chi connectivity index (χ4v) is 1.65. The fourth-order valence-electron chi connectivity index (χ4n) is 1.65. The molecule has 0 spiro atoms. The maximum atomic E-state index is 9.93. The Morgan fingerprint density at radius 3 is 2.94 bits per heavy atom. The lowest BCUT2D eigenvalue weighted by Crippen LogP contribution is -2.36. The second-order valence-corrected chi connectivity index (χ2v) is 4.04. The third kappa shape index (κ3) is 5.16. The van der Waals surface area contributed by atoms with Crippen LogP contribution in [0.1, 0.15) is 6.92 Å². The first-order chi connectivity index (χ1) is 8.15. The molecule has 98 valence electrons. The van der Waals surface area contributed by atoms with Gasteiger partial charge in [0.2, 0.25) is 0 Å². The summed E-state index contributed by atoms with van der Waals surface area (Å²) in [4.78, 5) is 2.14. The number of nitrogens with two attached hydrogens (primary N) is 1. The van der Waals surface area contributed by atoms with Crippen molar-refractivity contribution in [1.29, 1.82) is 0 Å². The van der Waals surface area contributed by atoms with Crippen LogP contribution >= 0.6 is 0 Å². The normalized spacial score (nSPS) is 13.2. The first-order valence-corrected chi connectivity index (χ1v) is 5.83. The van der Waals surface area contributed by atoms with E-state index in [1.54, 1.807) is 24.2 Å². The van der Waals surface area contributed by atoms with Crippen LogP contribution in [-0.2, 0) is 11.3 Å². The summed E-state index contributed by atoms with van der Waals surface area (Å²) in [6.07, 6.45) is 2.84. The van der Waals surface area contributed by atoms with Crippen LogP contribution in [0, 0.1) is 0 Å². The molecule has 1 aromatic heterocycles. The van der Waals surface area contributed by atoms with E-state index in [1.165, 1.54) is 0 Å². The zero-order chi connectivity index (χ0) is 12.7. The molecule has 1 heterocycles. The molecule has 0 radical (unpaired) electrons. The maximum Gasteiger partial charge on any atom is 0.0862 e.